The third kappa shape index (κ3) is 2.47. The summed E-state index contributed by atoms with van der Waals surface area (Å²) in [6.45, 7) is 4.17. The van der Waals surface area contributed by atoms with Crippen molar-refractivity contribution < 1.29 is 9.18 Å². The maximum Gasteiger partial charge on any atom is 0.228 e. The minimum Gasteiger partial charge on any atom is -0.399 e. The Morgan fingerprint density at radius 2 is 2.22 bits per heavy atom. The Morgan fingerprint density at radius 3 is 2.78 bits per heavy atom. The number of rotatable bonds is 2. The van der Waals surface area contributed by atoms with Crippen molar-refractivity contribution in [3.05, 3.63) is 24.0 Å². The van der Waals surface area contributed by atoms with E-state index in [1.54, 1.807) is 6.07 Å². The fourth-order valence-corrected chi connectivity index (χ4v) is 2.67. The lowest BCUT2D eigenvalue weighted by molar-refractivity contribution is -0.122. The Bertz CT molecular complexity index is 471. The molecule has 2 rings (SSSR count). The van der Waals surface area contributed by atoms with Crippen LogP contribution < -0.4 is 11.1 Å². The zero-order valence-electron chi connectivity index (χ0n) is 10.8. The van der Waals surface area contributed by atoms with Gasteiger partial charge in [0, 0.05) is 11.6 Å². The fourth-order valence-electron chi connectivity index (χ4n) is 2.67. The number of hydrogen-bond donors (Lipinski definition) is 2. The van der Waals surface area contributed by atoms with Gasteiger partial charge in [0.2, 0.25) is 5.91 Å². The Hall–Kier alpha value is -1.58. The lowest BCUT2D eigenvalue weighted by atomic mass is 9.81. The lowest BCUT2D eigenvalue weighted by Crippen LogP contribution is -2.31. The molecule has 1 atom stereocenters. The van der Waals surface area contributed by atoms with E-state index in [0.717, 1.165) is 19.3 Å². The first-order chi connectivity index (χ1) is 8.40. The number of anilines is 2. The van der Waals surface area contributed by atoms with Gasteiger partial charge in [-0.25, -0.2) is 4.39 Å². The number of carbonyl (C=O) groups excluding carboxylic acids is 1. The Kier molecular flexibility index (Phi) is 3.28. The van der Waals surface area contributed by atoms with E-state index < -0.39 is 5.82 Å². The van der Waals surface area contributed by atoms with Crippen molar-refractivity contribution in [2.75, 3.05) is 11.1 Å². The summed E-state index contributed by atoms with van der Waals surface area (Å²) in [5.74, 6) is -0.630. The van der Waals surface area contributed by atoms with Gasteiger partial charge in [-0.2, -0.15) is 0 Å². The standard InChI is InChI=1S/C14H19FN2O/c1-14(2)7-3-4-10(14)13(18)17-12-6-5-9(16)8-11(12)15/h5-6,8,10H,3-4,7,16H2,1-2H3,(H,17,18). The molecule has 1 aromatic carbocycles. The average Bonchev–Trinajstić information content (AvgIpc) is 2.62. The summed E-state index contributed by atoms with van der Waals surface area (Å²) in [6, 6.07) is 4.30. The molecule has 1 saturated carbocycles. The van der Waals surface area contributed by atoms with Crippen molar-refractivity contribution in [1.29, 1.82) is 0 Å². The molecule has 0 radical (unpaired) electrons. The second-order valence-electron chi connectivity index (χ2n) is 5.66. The summed E-state index contributed by atoms with van der Waals surface area (Å²) in [7, 11) is 0. The molecule has 1 fully saturated rings. The number of amides is 1. The van der Waals surface area contributed by atoms with Gasteiger partial charge in [0.25, 0.3) is 0 Å². The molecule has 0 saturated heterocycles. The number of nitrogens with two attached hydrogens (primary N) is 1. The van der Waals surface area contributed by atoms with E-state index in [1.807, 2.05) is 0 Å². The molecule has 18 heavy (non-hydrogen) atoms. The van der Waals surface area contributed by atoms with Gasteiger partial charge in [0.1, 0.15) is 5.82 Å². The number of hydrogen-bond acceptors (Lipinski definition) is 2. The number of benzene rings is 1. The summed E-state index contributed by atoms with van der Waals surface area (Å²) >= 11 is 0. The van der Waals surface area contributed by atoms with E-state index in [0.29, 0.717) is 5.69 Å². The predicted molar refractivity (Wildman–Crippen MR) is 70.6 cm³/mol. The molecule has 1 aromatic rings. The molecule has 0 aliphatic heterocycles. The monoisotopic (exact) mass is 250 g/mol. The van der Waals surface area contributed by atoms with E-state index in [-0.39, 0.29) is 22.9 Å². The van der Waals surface area contributed by atoms with Crippen molar-refractivity contribution in [2.45, 2.75) is 33.1 Å². The Labute approximate surface area is 107 Å². The highest BCUT2D eigenvalue weighted by Crippen LogP contribution is 2.43. The molecule has 1 amide bonds. The smallest absolute Gasteiger partial charge is 0.228 e. The SMILES string of the molecule is CC1(C)CCCC1C(=O)Nc1ccc(N)cc1F. The lowest BCUT2D eigenvalue weighted by Gasteiger charge is -2.25. The second-order valence-corrected chi connectivity index (χ2v) is 5.66. The highest BCUT2D eigenvalue weighted by Gasteiger charge is 2.39. The van der Waals surface area contributed by atoms with Crippen molar-refractivity contribution in [3.63, 3.8) is 0 Å². The van der Waals surface area contributed by atoms with Gasteiger partial charge in [-0.15, -0.1) is 0 Å². The molecule has 3 nitrogen and oxygen atoms in total. The van der Waals surface area contributed by atoms with Crippen LogP contribution in [0.5, 0.6) is 0 Å². The summed E-state index contributed by atoms with van der Waals surface area (Å²) < 4.78 is 13.6. The highest BCUT2D eigenvalue weighted by molar-refractivity contribution is 5.93. The number of halogens is 1. The summed E-state index contributed by atoms with van der Waals surface area (Å²) in [5, 5.41) is 2.67. The van der Waals surface area contributed by atoms with E-state index in [1.165, 1.54) is 12.1 Å². The van der Waals surface area contributed by atoms with Crippen LogP contribution in [0.1, 0.15) is 33.1 Å². The summed E-state index contributed by atoms with van der Waals surface area (Å²) in [6.07, 6.45) is 2.96. The maximum absolute atomic E-state index is 13.6. The van der Waals surface area contributed by atoms with Crippen LogP contribution in [0.15, 0.2) is 18.2 Å². The largest absolute Gasteiger partial charge is 0.399 e. The fraction of sp³-hybridized carbons (Fsp3) is 0.500. The van der Waals surface area contributed by atoms with Gasteiger partial charge in [-0.1, -0.05) is 20.3 Å². The second kappa shape index (κ2) is 4.59. The molecular weight excluding hydrogens is 231 g/mol. The van der Waals surface area contributed by atoms with Gasteiger partial charge in [-0.05, 0) is 36.5 Å². The number of carbonyl (C=O) groups is 1. The van der Waals surface area contributed by atoms with Crippen LogP contribution in [0.2, 0.25) is 0 Å². The normalized spacial score (nSPS) is 21.8. The zero-order valence-corrected chi connectivity index (χ0v) is 10.8. The minimum absolute atomic E-state index is 0.00559. The highest BCUT2D eigenvalue weighted by atomic mass is 19.1. The Balaban J connectivity index is 2.12. The molecule has 0 bridgehead atoms. The van der Waals surface area contributed by atoms with E-state index in [2.05, 4.69) is 19.2 Å². The third-order valence-electron chi connectivity index (χ3n) is 3.82. The first-order valence-corrected chi connectivity index (χ1v) is 6.26. The molecular formula is C14H19FN2O. The van der Waals surface area contributed by atoms with Gasteiger partial charge in [0.05, 0.1) is 5.69 Å². The van der Waals surface area contributed by atoms with E-state index in [9.17, 15) is 9.18 Å². The van der Waals surface area contributed by atoms with Crippen molar-refractivity contribution in [1.82, 2.24) is 0 Å². The van der Waals surface area contributed by atoms with Gasteiger partial charge < -0.3 is 11.1 Å². The van der Waals surface area contributed by atoms with Crippen molar-refractivity contribution >= 4 is 17.3 Å². The average molecular weight is 250 g/mol. The first-order valence-electron chi connectivity index (χ1n) is 6.26. The predicted octanol–water partition coefficient (Wildman–Crippen LogP) is 3.17. The number of nitrogen functional groups attached to an aromatic ring is 1. The van der Waals surface area contributed by atoms with Gasteiger partial charge in [-0.3, -0.25) is 4.79 Å². The summed E-state index contributed by atoms with van der Waals surface area (Å²) in [5.41, 5.74) is 6.02. The van der Waals surface area contributed by atoms with Crippen LogP contribution >= 0.6 is 0 Å². The van der Waals surface area contributed by atoms with Crippen molar-refractivity contribution in [3.8, 4) is 0 Å². The number of nitrogens with one attached hydrogen (secondary N) is 1. The van der Waals surface area contributed by atoms with Crippen LogP contribution in [-0.2, 0) is 4.79 Å². The molecule has 1 aliphatic rings. The summed E-state index contributed by atoms with van der Waals surface area (Å²) in [4.78, 5) is 12.2. The van der Waals surface area contributed by atoms with Crippen LogP contribution in [0.25, 0.3) is 0 Å². The zero-order chi connectivity index (χ0) is 13.3. The molecule has 0 spiro atoms. The maximum atomic E-state index is 13.6. The van der Waals surface area contributed by atoms with E-state index >= 15 is 0 Å². The minimum atomic E-state index is -0.487. The van der Waals surface area contributed by atoms with Crippen LogP contribution in [0, 0.1) is 17.2 Å². The van der Waals surface area contributed by atoms with Crippen LogP contribution in [0.3, 0.4) is 0 Å². The van der Waals surface area contributed by atoms with Crippen LogP contribution in [-0.4, -0.2) is 5.91 Å². The first kappa shape index (κ1) is 12.9. The topological polar surface area (TPSA) is 55.1 Å². The molecule has 0 heterocycles. The quantitative estimate of drug-likeness (QED) is 0.792. The molecule has 3 N–H and O–H groups in total. The molecule has 1 aliphatic carbocycles. The molecule has 4 heteroatoms. The third-order valence-corrected chi connectivity index (χ3v) is 3.82. The Morgan fingerprint density at radius 1 is 1.50 bits per heavy atom. The molecule has 98 valence electrons. The van der Waals surface area contributed by atoms with Gasteiger partial charge >= 0.3 is 0 Å². The van der Waals surface area contributed by atoms with Crippen LogP contribution in [0.4, 0.5) is 15.8 Å². The van der Waals surface area contributed by atoms with E-state index in [4.69, 9.17) is 5.73 Å². The molecule has 0 aromatic heterocycles. The van der Waals surface area contributed by atoms with Crippen molar-refractivity contribution in [2.24, 2.45) is 11.3 Å². The van der Waals surface area contributed by atoms with Gasteiger partial charge in [0.15, 0.2) is 0 Å². The molecule has 1 unspecified atom stereocenters.